The number of halogens is 1. The summed E-state index contributed by atoms with van der Waals surface area (Å²) in [5.74, 6) is 1.04. The van der Waals surface area contributed by atoms with Crippen LogP contribution in [-0.4, -0.2) is 30.1 Å². The molecule has 0 spiro atoms. The molecule has 7 rings (SSSR count). The summed E-state index contributed by atoms with van der Waals surface area (Å²) in [5.41, 5.74) is 9.31. The van der Waals surface area contributed by atoms with E-state index in [0.29, 0.717) is 17.2 Å². The molecule has 3 N–H and O–H groups in total. The van der Waals surface area contributed by atoms with Crippen LogP contribution in [0.25, 0.3) is 55.8 Å². The van der Waals surface area contributed by atoms with Gasteiger partial charge in [-0.2, -0.15) is 5.10 Å². The lowest BCUT2D eigenvalue weighted by Gasteiger charge is -2.22. The van der Waals surface area contributed by atoms with Gasteiger partial charge in [0, 0.05) is 34.6 Å². The fraction of sp³-hybridized carbons (Fsp3) is 0.235. The number of anilines is 1. The third kappa shape index (κ3) is 5.16. The van der Waals surface area contributed by atoms with Gasteiger partial charge < -0.3 is 10.3 Å². The molecule has 1 saturated carbocycles. The smallest absolute Gasteiger partial charge is 0.178 e. The first-order valence-electron chi connectivity index (χ1n) is 14.5. The van der Waals surface area contributed by atoms with Crippen molar-refractivity contribution >= 4 is 27.8 Å². The highest BCUT2D eigenvalue weighted by atomic mass is 19.1. The van der Waals surface area contributed by atoms with Crippen LogP contribution in [0.5, 0.6) is 0 Å². The molecule has 2 aromatic carbocycles. The Labute approximate surface area is 243 Å². The Bertz CT molecular complexity index is 1910. The third-order valence-corrected chi connectivity index (χ3v) is 8.18. The van der Waals surface area contributed by atoms with E-state index in [-0.39, 0.29) is 5.82 Å². The Kier molecular flexibility index (Phi) is 6.74. The van der Waals surface area contributed by atoms with Gasteiger partial charge in [-0.05, 0) is 72.4 Å². The molecule has 1 fully saturated rings. The maximum atomic E-state index is 14.2. The number of nitrogens with zero attached hydrogens (tertiary/aromatic N) is 4. The molecular formula is C34H32FN7. The van der Waals surface area contributed by atoms with Gasteiger partial charge in [-0.3, -0.25) is 10.1 Å². The van der Waals surface area contributed by atoms with Crippen molar-refractivity contribution in [2.75, 3.05) is 5.32 Å². The number of aromatic amines is 2. The van der Waals surface area contributed by atoms with Gasteiger partial charge in [0.1, 0.15) is 11.5 Å². The molecule has 0 atom stereocenters. The molecule has 8 heteroatoms. The minimum absolute atomic E-state index is 0.275. The van der Waals surface area contributed by atoms with Crippen molar-refractivity contribution in [1.29, 1.82) is 0 Å². The van der Waals surface area contributed by atoms with Crippen LogP contribution in [0.1, 0.15) is 44.1 Å². The molecule has 1 aliphatic rings. The topological polar surface area (TPSA) is 95.2 Å². The zero-order valence-corrected chi connectivity index (χ0v) is 23.5. The van der Waals surface area contributed by atoms with Gasteiger partial charge in [-0.1, -0.05) is 50.8 Å². The maximum absolute atomic E-state index is 14.2. The number of imidazole rings is 1. The minimum Gasteiger partial charge on any atom is -0.358 e. The summed E-state index contributed by atoms with van der Waals surface area (Å²) in [4.78, 5) is 17.1. The summed E-state index contributed by atoms with van der Waals surface area (Å²) in [6.45, 7) is 6.17. The molecule has 4 heterocycles. The lowest BCUT2D eigenvalue weighted by molar-refractivity contribution is 0.357. The van der Waals surface area contributed by atoms with Gasteiger partial charge >= 0.3 is 0 Å². The van der Waals surface area contributed by atoms with E-state index in [0.717, 1.165) is 68.0 Å². The summed E-state index contributed by atoms with van der Waals surface area (Å²) in [7, 11) is 0. The van der Waals surface area contributed by atoms with Gasteiger partial charge in [-0.25, -0.2) is 14.4 Å². The second-order valence-electron chi connectivity index (χ2n) is 11.4. The average molecular weight is 558 g/mol. The van der Waals surface area contributed by atoms with Gasteiger partial charge in [0.05, 0.1) is 22.9 Å². The van der Waals surface area contributed by atoms with E-state index in [1.54, 1.807) is 6.20 Å². The molecule has 0 bridgehead atoms. The highest BCUT2D eigenvalue weighted by molar-refractivity contribution is 5.97. The van der Waals surface area contributed by atoms with Crippen LogP contribution in [0.4, 0.5) is 10.1 Å². The monoisotopic (exact) mass is 557 g/mol. The lowest BCUT2D eigenvalue weighted by Crippen LogP contribution is -2.10. The van der Waals surface area contributed by atoms with Gasteiger partial charge in [0.15, 0.2) is 11.5 Å². The first kappa shape index (κ1) is 26.1. The van der Waals surface area contributed by atoms with E-state index in [9.17, 15) is 4.39 Å². The number of H-pyrrole nitrogens is 2. The van der Waals surface area contributed by atoms with E-state index >= 15 is 0 Å². The Morgan fingerprint density at radius 2 is 1.88 bits per heavy atom. The van der Waals surface area contributed by atoms with Crippen molar-refractivity contribution in [3.63, 3.8) is 0 Å². The summed E-state index contributed by atoms with van der Waals surface area (Å²) in [5, 5.41) is 12.1. The van der Waals surface area contributed by atoms with Crippen LogP contribution in [0, 0.1) is 18.7 Å². The second-order valence-corrected chi connectivity index (χ2v) is 11.4. The summed E-state index contributed by atoms with van der Waals surface area (Å²) in [6.07, 6.45) is 13.0. The van der Waals surface area contributed by atoms with E-state index in [1.165, 1.54) is 44.2 Å². The summed E-state index contributed by atoms with van der Waals surface area (Å²) in [6, 6.07) is 15.2. The number of pyridine rings is 2. The Morgan fingerprint density at radius 3 is 2.74 bits per heavy atom. The quantitative estimate of drug-likeness (QED) is 0.183. The molecule has 6 aromatic rings. The highest BCUT2D eigenvalue weighted by Gasteiger charge is 2.18. The highest BCUT2D eigenvalue weighted by Crippen LogP contribution is 2.34. The van der Waals surface area contributed by atoms with E-state index in [1.807, 2.05) is 37.5 Å². The van der Waals surface area contributed by atoms with Crippen LogP contribution in [0.15, 0.2) is 79.4 Å². The number of hydrogen-bond donors (Lipinski definition) is 3. The molecular weight excluding hydrogens is 525 g/mol. The second kappa shape index (κ2) is 10.9. The van der Waals surface area contributed by atoms with Crippen molar-refractivity contribution < 1.29 is 4.39 Å². The first-order valence-corrected chi connectivity index (χ1v) is 14.5. The molecule has 0 saturated heterocycles. The Balaban J connectivity index is 1.20. The van der Waals surface area contributed by atoms with Crippen LogP contribution in [0.2, 0.25) is 0 Å². The fourth-order valence-corrected chi connectivity index (χ4v) is 6.19. The zero-order valence-electron chi connectivity index (χ0n) is 23.5. The molecule has 210 valence electrons. The number of allylic oxidation sites excluding steroid dienone is 1. The number of nitrogens with one attached hydrogen (secondary N) is 3. The maximum Gasteiger partial charge on any atom is 0.178 e. The number of fused-ring (bicyclic) bond motifs is 2. The van der Waals surface area contributed by atoms with Crippen molar-refractivity contribution in [2.24, 2.45) is 5.92 Å². The molecule has 0 aliphatic heterocycles. The van der Waals surface area contributed by atoms with Crippen LogP contribution in [0.3, 0.4) is 0 Å². The molecule has 4 aromatic heterocycles. The standard InChI is InChI=1S/C34H32FN7/c1-20-12-24(15-26(35)13-20)28-10-11-37-33-31(28)39-34(40-33)32-29-17-23(8-9-30(29)41-42-32)25-16-27(19-36-18-25)38-21(2)14-22-6-4-3-5-7-22/h8-13,15-19,22,38H,2-7,14H2,1H3,(H,41,42)(H,37,39,40). The minimum atomic E-state index is -0.275. The fourth-order valence-electron chi connectivity index (χ4n) is 6.19. The largest absolute Gasteiger partial charge is 0.358 e. The lowest BCUT2D eigenvalue weighted by atomic mass is 9.86. The summed E-state index contributed by atoms with van der Waals surface area (Å²) < 4.78 is 14.2. The predicted molar refractivity (Wildman–Crippen MR) is 166 cm³/mol. The predicted octanol–water partition coefficient (Wildman–Crippen LogP) is 8.57. The number of hydrogen-bond acceptors (Lipinski definition) is 5. The number of aromatic nitrogens is 6. The van der Waals surface area contributed by atoms with Gasteiger partial charge in [-0.15, -0.1) is 0 Å². The average Bonchev–Trinajstić information content (AvgIpc) is 3.61. The van der Waals surface area contributed by atoms with E-state index in [2.05, 4.69) is 55.2 Å². The first-order chi connectivity index (χ1) is 20.5. The SMILES string of the molecule is C=C(CC1CCCCC1)Nc1cncc(-c2ccc3[nH]nc(-c4nc5nccc(-c6cc(C)cc(F)c6)c5[nH]4)c3c2)c1. The normalized spacial score (nSPS) is 14.0. The van der Waals surface area contributed by atoms with Crippen molar-refractivity contribution in [3.05, 3.63) is 90.8 Å². The Hall–Kier alpha value is -4.85. The zero-order chi connectivity index (χ0) is 28.6. The third-order valence-electron chi connectivity index (χ3n) is 8.18. The molecule has 0 radical (unpaired) electrons. The summed E-state index contributed by atoms with van der Waals surface area (Å²) >= 11 is 0. The van der Waals surface area contributed by atoms with E-state index in [4.69, 9.17) is 4.98 Å². The van der Waals surface area contributed by atoms with E-state index < -0.39 is 0 Å². The van der Waals surface area contributed by atoms with Crippen molar-refractivity contribution in [3.8, 4) is 33.8 Å². The number of benzene rings is 2. The number of rotatable bonds is 7. The van der Waals surface area contributed by atoms with Crippen molar-refractivity contribution in [1.82, 2.24) is 30.1 Å². The van der Waals surface area contributed by atoms with Gasteiger partial charge in [0.2, 0.25) is 0 Å². The molecule has 0 amide bonds. The Morgan fingerprint density at radius 1 is 1.00 bits per heavy atom. The van der Waals surface area contributed by atoms with Crippen molar-refractivity contribution in [2.45, 2.75) is 45.4 Å². The van der Waals surface area contributed by atoms with Crippen LogP contribution < -0.4 is 5.32 Å². The molecule has 7 nitrogen and oxygen atoms in total. The molecule has 0 unspecified atom stereocenters. The molecule has 1 aliphatic carbocycles. The molecule has 42 heavy (non-hydrogen) atoms. The van der Waals surface area contributed by atoms with Crippen LogP contribution >= 0.6 is 0 Å². The van der Waals surface area contributed by atoms with Crippen LogP contribution in [-0.2, 0) is 0 Å². The number of aryl methyl sites for hydroxylation is 1. The van der Waals surface area contributed by atoms with Gasteiger partial charge in [0.25, 0.3) is 0 Å².